The predicted octanol–water partition coefficient (Wildman–Crippen LogP) is 3.68. The molecule has 0 atom stereocenters. The summed E-state index contributed by atoms with van der Waals surface area (Å²) >= 11 is 5.94. The fraction of sp³-hybridized carbons (Fsp3) is 0.133. The summed E-state index contributed by atoms with van der Waals surface area (Å²) in [5.74, 6) is -0.963. The highest BCUT2D eigenvalue weighted by Crippen LogP contribution is 2.31. The fourth-order valence-corrected chi connectivity index (χ4v) is 2.63. The van der Waals surface area contributed by atoms with E-state index in [4.69, 9.17) is 11.6 Å². The van der Waals surface area contributed by atoms with Crippen LogP contribution in [0.5, 0.6) is 0 Å². The number of halogens is 2. The van der Waals surface area contributed by atoms with Gasteiger partial charge in [0.25, 0.3) is 5.91 Å². The second-order valence-electron chi connectivity index (χ2n) is 4.43. The van der Waals surface area contributed by atoms with Crippen LogP contribution in [0.4, 0.5) is 10.1 Å². The molecule has 0 aromatic heterocycles. The van der Waals surface area contributed by atoms with Gasteiger partial charge in [0.1, 0.15) is 5.82 Å². The Labute approximate surface area is 115 Å². The molecule has 0 saturated carbocycles. The quantitative estimate of drug-likeness (QED) is 0.777. The lowest BCUT2D eigenvalue weighted by Gasteiger charge is -2.18. The Kier molecular flexibility index (Phi) is 2.99. The van der Waals surface area contributed by atoms with Gasteiger partial charge in [-0.2, -0.15) is 0 Å². The van der Waals surface area contributed by atoms with Crippen molar-refractivity contribution in [2.24, 2.45) is 0 Å². The van der Waals surface area contributed by atoms with Gasteiger partial charge in [0.05, 0.1) is 10.6 Å². The summed E-state index contributed by atoms with van der Waals surface area (Å²) in [5.41, 5.74) is 1.89. The number of anilines is 1. The number of para-hydroxylation sites is 1. The first-order chi connectivity index (χ1) is 9.18. The molecule has 0 spiro atoms. The van der Waals surface area contributed by atoms with Crippen molar-refractivity contribution >= 4 is 23.2 Å². The van der Waals surface area contributed by atoms with Crippen molar-refractivity contribution in [2.45, 2.75) is 6.42 Å². The first kappa shape index (κ1) is 12.2. The predicted molar refractivity (Wildman–Crippen MR) is 73.2 cm³/mol. The number of hydrogen-bond acceptors (Lipinski definition) is 1. The molecule has 1 heterocycles. The molecule has 0 saturated heterocycles. The number of benzene rings is 2. The van der Waals surface area contributed by atoms with E-state index in [1.807, 2.05) is 24.3 Å². The molecule has 0 radical (unpaired) electrons. The van der Waals surface area contributed by atoms with E-state index in [0.29, 0.717) is 6.54 Å². The van der Waals surface area contributed by atoms with Crippen LogP contribution in [0.1, 0.15) is 15.9 Å². The minimum atomic E-state index is -0.582. The average Bonchev–Trinajstić information content (AvgIpc) is 2.82. The SMILES string of the molecule is O=C(c1c(F)cccc1Cl)N1CCc2ccccc21. The van der Waals surface area contributed by atoms with Crippen LogP contribution in [0.2, 0.25) is 5.02 Å². The van der Waals surface area contributed by atoms with Crippen LogP contribution in [0, 0.1) is 5.82 Å². The van der Waals surface area contributed by atoms with Crippen molar-refractivity contribution in [1.29, 1.82) is 0 Å². The number of nitrogens with zero attached hydrogens (tertiary/aromatic N) is 1. The summed E-state index contributed by atoms with van der Waals surface area (Å²) in [5, 5.41) is 0.148. The van der Waals surface area contributed by atoms with E-state index < -0.39 is 5.82 Å². The van der Waals surface area contributed by atoms with Crippen LogP contribution in [0.25, 0.3) is 0 Å². The molecule has 1 aliphatic rings. The molecular weight excluding hydrogens is 265 g/mol. The maximum absolute atomic E-state index is 13.8. The maximum atomic E-state index is 13.8. The number of rotatable bonds is 1. The van der Waals surface area contributed by atoms with Crippen LogP contribution in [0.15, 0.2) is 42.5 Å². The highest BCUT2D eigenvalue weighted by molar-refractivity contribution is 6.34. The molecule has 2 aromatic rings. The molecule has 0 unspecified atom stereocenters. The number of carbonyl (C=O) groups is 1. The van der Waals surface area contributed by atoms with E-state index in [9.17, 15) is 9.18 Å². The highest BCUT2D eigenvalue weighted by Gasteiger charge is 2.28. The molecule has 1 aliphatic heterocycles. The lowest BCUT2D eigenvalue weighted by Crippen LogP contribution is -2.29. The average molecular weight is 276 g/mol. The summed E-state index contributed by atoms with van der Waals surface area (Å²) in [4.78, 5) is 14.0. The molecule has 0 N–H and O–H groups in total. The van der Waals surface area contributed by atoms with Gasteiger partial charge in [0, 0.05) is 12.2 Å². The van der Waals surface area contributed by atoms with Gasteiger partial charge in [-0.3, -0.25) is 4.79 Å². The van der Waals surface area contributed by atoms with E-state index in [2.05, 4.69) is 0 Å². The molecule has 2 aromatic carbocycles. The number of fused-ring (bicyclic) bond motifs is 1. The van der Waals surface area contributed by atoms with Crippen LogP contribution < -0.4 is 4.90 Å². The van der Waals surface area contributed by atoms with Crippen LogP contribution >= 0.6 is 11.6 Å². The molecule has 0 bridgehead atoms. The van der Waals surface area contributed by atoms with Gasteiger partial charge in [-0.05, 0) is 30.2 Å². The van der Waals surface area contributed by atoms with Crippen LogP contribution in [0.3, 0.4) is 0 Å². The molecule has 2 nitrogen and oxygen atoms in total. The Balaban J connectivity index is 2.03. The Hall–Kier alpha value is -1.87. The van der Waals surface area contributed by atoms with E-state index in [0.717, 1.165) is 17.7 Å². The summed E-state index contributed by atoms with van der Waals surface area (Å²) in [6, 6.07) is 11.9. The van der Waals surface area contributed by atoms with Crippen LogP contribution in [-0.2, 0) is 6.42 Å². The molecule has 96 valence electrons. The largest absolute Gasteiger partial charge is 0.308 e. The lowest BCUT2D eigenvalue weighted by atomic mass is 10.1. The molecular formula is C15H11ClFNO. The standard InChI is InChI=1S/C15H11ClFNO/c16-11-5-3-6-12(17)14(11)15(19)18-9-8-10-4-1-2-7-13(10)18/h1-7H,8-9H2. The Morgan fingerprint density at radius 3 is 2.74 bits per heavy atom. The number of carbonyl (C=O) groups excluding carboxylic acids is 1. The second-order valence-corrected chi connectivity index (χ2v) is 4.84. The minimum Gasteiger partial charge on any atom is -0.308 e. The monoisotopic (exact) mass is 275 g/mol. The van der Waals surface area contributed by atoms with Gasteiger partial charge in [-0.15, -0.1) is 0 Å². The topological polar surface area (TPSA) is 20.3 Å². The Morgan fingerprint density at radius 1 is 1.16 bits per heavy atom. The van der Waals surface area contributed by atoms with Gasteiger partial charge in [-0.1, -0.05) is 35.9 Å². The molecule has 19 heavy (non-hydrogen) atoms. The van der Waals surface area contributed by atoms with Gasteiger partial charge >= 0.3 is 0 Å². The molecule has 3 rings (SSSR count). The van der Waals surface area contributed by atoms with Crippen molar-refractivity contribution in [3.8, 4) is 0 Å². The van der Waals surface area contributed by atoms with E-state index in [1.165, 1.54) is 18.2 Å². The van der Waals surface area contributed by atoms with Crippen molar-refractivity contribution in [3.63, 3.8) is 0 Å². The van der Waals surface area contributed by atoms with Gasteiger partial charge < -0.3 is 4.90 Å². The Morgan fingerprint density at radius 2 is 1.95 bits per heavy atom. The smallest absolute Gasteiger partial charge is 0.262 e. The van der Waals surface area contributed by atoms with Crippen molar-refractivity contribution in [2.75, 3.05) is 11.4 Å². The fourth-order valence-electron chi connectivity index (χ4n) is 2.39. The van der Waals surface area contributed by atoms with Gasteiger partial charge in [0.15, 0.2) is 0 Å². The second kappa shape index (κ2) is 4.67. The molecule has 1 amide bonds. The zero-order valence-electron chi connectivity index (χ0n) is 10.1. The first-order valence-corrected chi connectivity index (χ1v) is 6.40. The minimum absolute atomic E-state index is 0.0548. The van der Waals surface area contributed by atoms with Gasteiger partial charge in [0.2, 0.25) is 0 Å². The summed E-state index contributed by atoms with van der Waals surface area (Å²) in [6.07, 6.45) is 0.786. The number of hydrogen-bond donors (Lipinski definition) is 0. The van der Waals surface area contributed by atoms with Crippen molar-refractivity contribution in [1.82, 2.24) is 0 Å². The van der Waals surface area contributed by atoms with Crippen molar-refractivity contribution in [3.05, 3.63) is 64.4 Å². The lowest BCUT2D eigenvalue weighted by molar-refractivity contribution is 0.0985. The zero-order chi connectivity index (χ0) is 13.4. The summed E-state index contributed by atoms with van der Waals surface area (Å²) < 4.78 is 13.8. The van der Waals surface area contributed by atoms with E-state index in [-0.39, 0.29) is 16.5 Å². The highest BCUT2D eigenvalue weighted by atomic mass is 35.5. The third-order valence-corrected chi connectivity index (χ3v) is 3.62. The number of amides is 1. The molecule has 0 fully saturated rings. The van der Waals surface area contributed by atoms with Crippen LogP contribution in [-0.4, -0.2) is 12.5 Å². The van der Waals surface area contributed by atoms with E-state index in [1.54, 1.807) is 4.90 Å². The third-order valence-electron chi connectivity index (χ3n) is 3.31. The normalized spacial score (nSPS) is 13.5. The Bertz CT molecular complexity index is 636. The zero-order valence-corrected chi connectivity index (χ0v) is 10.8. The third kappa shape index (κ3) is 2.00. The maximum Gasteiger partial charge on any atom is 0.262 e. The first-order valence-electron chi connectivity index (χ1n) is 6.02. The van der Waals surface area contributed by atoms with E-state index >= 15 is 0 Å². The summed E-state index contributed by atoms with van der Waals surface area (Å²) in [6.45, 7) is 0.558. The molecule has 4 heteroatoms. The van der Waals surface area contributed by atoms with Crippen molar-refractivity contribution < 1.29 is 9.18 Å². The van der Waals surface area contributed by atoms with Gasteiger partial charge in [-0.25, -0.2) is 4.39 Å². The summed E-state index contributed by atoms with van der Waals surface area (Å²) in [7, 11) is 0. The molecule has 0 aliphatic carbocycles.